The van der Waals surface area contributed by atoms with Crippen molar-refractivity contribution < 1.29 is 9.53 Å². The van der Waals surface area contributed by atoms with Crippen LogP contribution in [0.5, 0.6) is 0 Å². The van der Waals surface area contributed by atoms with Crippen molar-refractivity contribution in [2.75, 3.05) is 44.2 Å². The first-order valence-corrected chi connectivity index (χ1v) is 11.3. The van der Waals surface area contributed by atoms with Gasteiger partial charge in [0.1, 0.15) is 0 Å². The lowest BCUT2D eigenvalue weighted by Gasteiger charge is -2.35. The highest BCUT2D eigenvalue weighted by Crippen LogP contribution is 2.21. The molecule has 3 rings (SSSR count). The number of amides is 1. The van der Waals surface area contributed by atoms with Gasteiger partial charge in [-0.05, 0) is 51.3 Å². The normalized spacial score (nSPS) is 22.4. The van der Waals surface area contributed by atoms with E-state index >= 15 is 0 Å². The topological polar surface area (TPSA) is 69.2 Å². The maximum absolute atomic E-state index is 11.9. The number of halogens is 1. The summed E-state index contributed by atoms with van der Waals surface area (Å²) in [5.74, 6) is 1.07. The number of carbonyl (C=O) groups is 1. The van der Waals surface area contributed by atoms with E-state index in [1.807, 2.05) is 17.0 Å². The summed E-state index contributed by atoms with van der Waals surface area (Å²) >= 11 is 0. The summed E-state index contributed by atoms with van der Waals surface area (Å²) in [5, 5.41) is 6.76. The third kappa shape index (κ3) is 8.23. The molecule has 0 aliphatic carbocycles. The van der Waals surface area contributed by atoms with Gasteiger partial charge in [0.2, 0.25) is 5.91 Å². The molecule has 2 N–H and O–H groups in total. The quantitative estimate of drug-likeness (QED) is 0.229. The Labute approximate surface area is 204 Å². The summed E-state index contributed by atoms with van der Waals surface area (Å²) in [4.78, 5) is 21.0. The number of benzene rings is 1. The first kappa shape index (κ1) is 25.9. The van der Waals surface area contributed by atoms with Crippen LogP contribution in [0.25, 0.3) is 0 Å². The molecular weight excluding hydrogens is 505 g/mol. The van der Waals surface area contributed by atoms with Crippen molar-refractivity contribution >= 4 is 41.5 Å². The number of hydrogen-bond donors (Lipinski definition) is 2. The van der Waals surface area contributed by atoms with Gasteiger partial charge in [-0.15, -0.1) is 24.0 Å². The number of nitrogens with zero attached hydrogens (tertiary/aromatic N) is 3. The second-order valence-electron chi connectivity index (χ2n) is 8.31. The number of nitrogens with one attached hydrogen (secondary N) is 2. The van der Waals surface area contributed by atoms with Crippen molar-refractivity contribution in [1.82, 2.24) is 15.5 Å². The second-order valence-corrected chi connectivity index (χ2v) is 8.31. The van der Waals surface area contributed by atoms with Crippen molar-refractivity contribution in [2.24, 2.45) is 4.99 Å². The minimum absolute atomic E-state index is 0. The zero-order chi connectivity index (χ0) is 21.3. The lowest BCUT2D eigenvalue weighted by Crippen LogP contribution is -2.46. The molecule has 0 spiro atoms. The predicted octanol–water partition coefficient (Wildman–Crippen LogP) is 2.99. The average molecular weight is 543 g/mol. The monoisotopic (exact) mass is 543 g/mol. The van der Waals surface area contributed by atoms with Crippen molar-refractivity contribution in [3.05, 3.63) is 29.8 Å². The summed E-state index contributed by atoms with van der Waals surface area (Å²) < 4.78 is 5.80. The minimum atomic E-state index is 0. The molecule has 1 amide bonds. The maximum atomic E-state index is 11.9. The van der Waals surface area contributed by atoms with Crippen LogP contribution in [0.2, 0.25) is 0 Å². The van der Waals surface area contributed by atoms with Crippen molar-refractivity contribution in [2.45, 2.75) is 58.8 Å². The fraction of sp³-hybridized carbons (Fsp3) is 0.652. The van der Waals surface area contributed by atoms with Gasteiger partial charge >= 0.3 is 0 Å². The molecule has 0 saturated carbocycles. The van der Waals surface area contributed by atoms with E-state index in [9.17, 15) is 4.79 Å². The fourth-order valence-electron chi connectivity index (χ4n) is 4.19. The Morgan fingerprint density at radius 3 is 2.48 bits per heavy atom. The van der Waals surface area contributed by atoms with E-state index in [0.717, 1.165) is 69.3 Å². The van der Waals surface area contributed by atoms with Crippen molar-refractivity contribution in [1.29, 1.82) is 0 Å². The van der Waals surface area contributed by atoms with Gasteiger partial charge in [-0.25, -0.2) is 4.99 Å². The van der Waals surface area contributed by atoms with Crippen molar-refractivity contribution in [3.63, 3.8) is 0 Å². The highest BCUT2D eigenvalue weighted by molar-refractivity contribution is 14.0. The summed E-state index contributed by atoms with van der Waals surface area (Å²) in [6, 6.07) is 8.18. The van der Waals surface area contributed by atoms with E-state index in [-0.39, 0.29) is 29.9 Å². The van der Waals surface area contributed by atoms with E-state index in [1.165, 1.54) is 0 Å². The third-order valence-electron chi connectivity index (χ3n) is 5.52. The number of morpholine rings is 1. The highest BCUT2D eigenvalue weighted by Gasteiger charge is 2.22. The summed E-state index contributed by atoms with van der Waals surface area (Å²) in [7, 11) is 0. The number of guanidine groups is 1. The lowest BCUT2D eigenvalue weighted by molar-refractivity contribution is -0.117. The van der Waals surface area contributed by atoms with Crippen LogP contribution >= 0.6 is 24.0 Å². The van der Waals surface area contributed by atoms with E-state index in [2.05, 4.69) is 48.4 Å². The Balaban J connectivity index is 0.00000341. The maximum Gasteiger partial charge on any atom is 0.227 e. The largest absolute Gasteiger partial charge is 0.373 e. The Morgan fingerprint density at radius 1 is 1.16 bits per heavy atom. The number of ether oxygens (including phenoxy) is 1. The molecule has 2 atom stereocenters. The van der Waals surface area contributed by atoms with Crippen LogP contribution in [0.4, 0.5) is 5.69 Å². The number of anilines is 1. The number of aliphatic imine (C=N–C) groups is 1. The molecule has 0 bridgehead atoms. The molecule has 2 aliphatic heterocycles. The molecule has 7 nitrogen and oxygen atoms in total. The van der Waals surface area contributed by atoms with Gasteiger partial charge in [0, 0.05) is 51.4 Å². The van der Waals surface area contributed by atoms with Gasteiger partial charge in [0.05, 0.1) is 18.8 Å². The van der Waals surface area contributed by atoms with E-state index in [4.69, 9.17) is 9.73 Å². The molecule has 2 unspecified atom stereocenters. The molecule has 1 aromatic carbocycles. The van der Waals surface area contributed by atoms with Crippen LogP contribution in [0.3, 0.4) is 0 Å². The van der Waals surface area contributed by atoms with Crippen molar-refractivity contribution in [3.8, 4) is 0 Å². The molecular formula is C23H38IN5O2. The molecule has 0 radical (unpaired) electrons. The number of rotatable bonds is 8. The molecule has 31 heavy (non-hydrogen) atoms. The molecule has 1 aromatic rings. The zero-order valence-corrected chi connectivity index (χ0v) is 21.4. The lowest BCUT2D eigenvalue weighted by atomic mass is 10.2. The van der Waals surface area contributed by atoms with Gasteiger partial charge in [-0.1, -0.05) is 12.1 Å². The van der Waals surface area contributed by atoms with Crippen LogP contribution in [-0.2, 0) is 16.1 Å². The average Bonchev–Trinajstić information content (AvgIpc) is 3.15. The first-order valence-electron chi connectivity index (χ1n) is 11.3. The molecule has 2 fully saturated rings. The third-order valence-corrected chi connectivity index (χ3v) is 5.52. The van der Waals surface area contributed by atoms with Crippen LogP contribution in [0.1, 0.15) is 45.6 Å². The Kier molecular flexibility index (Phi) is 11.0. The van der Waals surface area contributed by atoms with Gasteiger partial charge in [-0.3, -0.25) is 9.69 Å². The zero-order valence-electron chi connectivity index (χ0n) is 19.1. The molecule has 0 aromatic heterocycles. The first-order chi connectivity index (χ1) is 14.5. The Hall–Kier alpha value is -1.39. The van der Waals surface area contributed by atoms with Gasteiger partial charge < -0.3 is 20.3 Å². The van der Waals surface area contributed by atoms with Crippen LogP contribution in [0, 0.1) is 0 Å². The van der Waals surface area contributed by atoms with Gasteiger partial charge in [-0.2, -0.15) is 0 Å². The Morgan fingerprint density at radius 2 is 1.87 bits per heavy atom. The smallest absolute Gasteiger partial charge is 0.227 e. The van der Waals surface area contributed by atoms with Gasteiger partial charge in [0.25, 0.3) is 0 Å². The van der Waals surface area contributed by atoms with Crippen LogP contribution < -0.4 is 15.5 Å². The summed E-state index contributed by atoms with van der Waals surface area (Å²) in [6.45, 7) is 12.6. The second kappa shape index (κ2) is 13.2. The molecule has 2 aliphatic rings. The minimum Gasteiger partial charge on any atom is -0.373 e. The van der Waals surface area contributed by atoms with Gasteiger partial charge in [0.15, 0.2) is 5.96 Å². The van der Waals surface area contributed by atoms with E-state index in [0.29, 0.717) is 25.2 Å². The van der Waals surface area contributed by atoms with E-state index in [1.54, 1.807) is 0 Å². The SMILES string of the molecule is CCNC(=NCc1ccc(N2CCCC2=O)cc1)NCCCN1CC(C)OC(C)C1.I. The molecule has 174 valence electrons. The molecule has 2 heterocycles. The highest BCUT2D eigenvalue weighted by atomic mass is 127. The Bertz CT molecular complexity index is 702. The van der Waals surface area contributed by atoms with Crippen LogP contribution in [-0.4, -0.2) is 68.2 Å². The molecule has 8 heteroatoms. The van der Waals surface area contributed by atoms with E-state index < -0.39 is 0 Å². The number of carbonyl (C=O) groups excluding carboxylic acids is 1. The van der Waals surface area contributed by atoms with Crippen LogP contribution in [0.15, 0.2) is 29.3 Å². The number of hydrogen-bond acceptors (Lipinski definition) is 4. The fourth-order valence-corrected chi connectivity index (χ4v) is 4.19. The predicted molar refractivity (Wildman–Crippen MR) is 137 cm³/mol. The summed E-state index contributed by atoms with van der Waals surface area (Å²) in [5.41, 5.74) is 2.13. The molecule has 2 saturated heterocycles. The standard InChI is InChI=1S/C23H37N5O2.HI/c1-4-24-23(25-12-6-13-27-16-18(2)30-19(3)17-27)26-15-20-8-10-21(11-9-20)28-14-5-7-22(28)29;/h8-11,18-19H,4-7,12-17H2,1-3H3,(H2,24,25,26);1H. The summed E-state index contributed by atoms with van der Waals surface area (Å²) in [6.07, 6.45) is 3.31.